The lowest BCUT2D eigenvalue weighted by atomic mass is 9.69. The second kappa shape index (κ2) is 7.92. The maximum Gasteiger partial charge on any atom is 0.242 e. The molecular weight excluding hydrogens is 368 g/mol. The minimum Gasteiger partial charge on any atom is -0.494 e. The molecule has 1 aromatic carbocycles. The van der Waals surface area contributed by atoms with Crippen LogP contribution in [0.5, 0.6) is 5.75 Å². The molecule has 0 spiro atoms. The molecule has 1 atom stereocenters. The highest BCUT2D eigenvalue weighted by atomic mass is 16.5. The van der Waals surface area contributed by atoms with Gasteiger partial charge in [0.1, 0.15) is 5.75 Å². The highest BCUT2D eigenvalue weighted by Crippen LogP contribution is 2.47. The number of carbonyl (C=O) groups is 2. The molecule has 6 nitrogen and oxygen atoms in total. The van der Waals surface area contributed by atoms with Crippen molar-refractivity contribution in [1.82, 2.24) is 10.0 Å². The van der Waals surface area contributed by atoms with Crippen molar-refractivity contribution in [2.45, 2.75) is 46.0 Å². The van der Waals surface area contributed by atoms with Crippen LogP contribution < -0.4 is 4.74 Å². The minimum absolute atomic E-state index is 0.0648. The number of benzene rings is 1. The van der Waals surface area contributed by atoms with Crippen LogP contribution in [0.3, 0.4) is 0 Å². The van der Waals surface area contributed by atoms with Crippen LogP contribution in [-0.2, 0) is 14.3 Å². The first-order valence-electron chi connectivity index (χ1n) is 10.5. The third-order valence-electron chi connectivity index (χ3n) is 5.98. The predicted octanol–water partition coefficient (Wildman–Crippen LogP) is 3.29. The standard InChI is InChI=1S/C23H30N2O4/c1-4-29-17-7-5-16(6-8-17)18-13-21(27)25(24-9-11-28-12-10-24)19-14-23(2,3)15-20(26)22(18)19/h5-8,18H,4,9-15H2,1-3H3. The van der Waals surface area contributed by atoms with E-state index in [9.17, 15) is 9.59 Å². The number of carbonyl (C=O) groups excluding carboxylic acids is 2. The highest BCUT2D eigenvalue weighted by Gasteiger charge is 2.45. The summed E-state index contributed by atoms with van der Waals surface area (Å²) in [6.07, 6.45) is 1.56. The molecule has 1 unspecified atom stereocenters. The van der Waals surface area contributed by atoms with Gasteiger partial charge in [-0.2, -0.15) is 0 Å². The number of allylic oxidation sites excluding steroid dienone is 2. The second-order valence-corrected chi connectivity index (χ2v) is 8.83. The zero-order valence-corrected chi connectivity index (χ0v) is 17.6. The summed E-state index contributed by atoms with van der Waals surface area (Å²) in [7, 11) is 0. The lowest BCUT2D eigenvalue weighted by molar-refractivity contribution is -0.154. The Morgan fingerprint density at radius 3 is 2.45 bits per heavy atom. The average Bonchev–Trinajstić information content (AvgIpc) is 2.68. The molecule has 1 aromatic rings. The number of amides is 1. The summed E-state index contributed by atoms with van der Waals surface area (Å²) in [6, 6.07) is 7.83. The van der Waals surface area contributed by atoms with Crippen molar-refractivity contribution in [1.29, 1.82) is 0 Å². The number of ether oxygens (including phenoxy) is 2. The average molecular weight is 399 g/mol. The van der Waals surface area contributed by atoms with Crippen molar-refractivity contribution >= 4 is 11.7 Å². The van der Waals surface area contributed by atoms with Gasteiger partial charge in [-0.3, -0.25) is 9.59 Å². The van der Waals surface area contributed by atoms with Gasteiger partial charge >= 0.3 is 0 Å². The molecule has 2 heterocycles. The molecule has 0 saturated carbocycles. The van der Waals surface area contributed by atoms with E-state index in [1.54, 1.807) is 0 Å². The molecule has 1 aliphatic carbocycles. The normalized spacial score (nSPS) is 25.2. The molecule has 29 heavy (non-hydrogen) atoms. The number of hydrogen-bond acceptors (Lipinski definition) is 5. The van der Waals surface area contributed by atoms with Crippen molar-refractivity contribution in [3.05, 3.63) is 41.1 Å². The number of Topliss-reactive ketones (excluding diaryl/α,β-unsaturated/α-hetero) is 1. The lowest BCUT2D eigenvalue weighted by Gasteiger charge is -2.47. The minimum atomic E-state index is -0.186. The Bertz CT molecular complexity index is 822. The lowest BCUT2D eigenvalue weighted by Crippen LogP contribution is -2.55. The fourth-order valence-corrected chi connectivity index (χ4v) is 4.73. The Hall–Kier alpha value is -2.18. The van der Waals surface area contributed by atoms with Gasteiger partial charge in [-0.25, -0.2) is 10.0 Å². The van der Waals surface area contributed by atoms with Gasteiger partial charge in [0.15, 0.2) is 5.78 Å². The first kappa shape index (κ1) is 20.1. The van der Waals surface area contributed by atoms with Gasteiger partial charge in [-0.1, -0.05) is 26.0 Å². The number of hydrogen-bond donors (Lipinski definition) is 0. The Morgan fingerprint density at radius 1 is 1.10 bits per heavy atom. The third-order valence-corrected chi connectivity index (χ3v) is 5.98. The van der Waals surface area contributed by atoms with Crippen LogP contribution in [0.1, 0.15) is 51.5 Å². The fourth-order valence-electron chi connectivity index (χ4n) is 4.73. The first-order chi connectivity index (χ1) is 13.9. The van der Waals surface area contributed by atoms with Crippen LogP contribution in [0, 0.1) is 5.41 Å². The highest BCUT2D eigenvalue weighted by molar-refractivity contribution is 6.02. The van der Waals surface area contributed by atoms with E-state index in [1.165, 1.54) is 0 Å². The smallest absolute Gasteiger partial charge is 0.242 e. The monoisotopic (exact) mass is 398 g/mol. The molecule has 1 amide bonds. The summed E-state index contributed by atoms with van der Waals surface area (Å²) in [6.45, 7) is 9.33. The van der Waals surface area contributed by atoms with E-state index in [1.807, 2.05) is 36.2 Å². The van der Waals surface area contributed by atoms with Gasteiger partial charge in [-0.05, 0) is 36.5 Å². The van der Waals surface area contributed by atoms with E-state index in [0.29, 0.717) is 45.8 Å². The molecule has 0 bridgehead atoms. The number of morpholine rings is 1. The van der Waals surface area contributed by atoms with E-state index in [-0.39, 0.29) is 23.0 Å². The van der Waals surface area contributed by atoms with Crippen LogP contribution in [-0.4, -0.2) is 54.6 Å². The number of ketones is 1. The van der Waals surface area contributed by atoms with Gasteiger partial charge in [0, 0.05) is 43.1 Å². The maximum atomic E-state index is 13.3. The summed E-state index contributed by atoms with van der Waals surface area (Å²) in [5.41, 5.74) is 2.56. The fraction of sp³-hybridized carbons (Fsp3) is 0.565. The molecule has 1 fully saturated rings. The first-order valence-corrected chi connectivity index (χ1v) is 10.5. The van der Waals surface area contributed by atoms with Crippen LogP contribution in [0.15, 0.2) is 35.5 Å². The molecule has 2 aliphatic heterocycles. The number of rotatable bonds is 4. The zero-order chi connectivity index (χ0) is 20.6. The Labute approximate surface area is 172 Å². The van der Waals surface area contributed by atoms with Crippen molar-refractivity contribution in [3.63, 3.8) is 0 Å². The van der Waals surface area contributed by atoms with Gasteiger partial charge in [0.25, 0.3) is 0 Å². The summed E-state index contributed by atoms with van der Waals surface area (Å²) >= 11 is 0. The van der Waals surface area contributed by atoms with Gasteiger partial charge in [0.2, 0.25) is 5.91 Å². The molecule has 1 saturated heterocycles. The summed E-state index contributed by atoms with van der Waals surface area (Å²) in [5, 5.41) is 3.87. The zero-order valence-electron chi connectivity index (χ0n) is 17.6. The predicted molar refractivity (Wildman–Crippen MR) is 109 cm³/mol. The topological polar surface area (TPSA) is 59.1 Å². The van der Waals surface area contributed by atoms with Crippen molar-refractivity contribution in [3.8, 4) is 5.75 Å². The summed E-state index contributed by atoms with van der Waals surface area (Å²) in [4.78, 5) is 26.6. The van der Waals surface area contributed by atoms with Gasteiger partial charge in [0.05, 0.1) is 19.8 Å². The summed E-state index contributed by atoms with van der Waals surface area (Å²) in [5.74, 6) is 0.851. The molecule has 0 aromatic heterocycles. The largest absolute Gasteiger partial charge is 0.494 e. The van der Waals surface area contributed by atoms with Crippen LogP contribution in [0.4, 0.5) is 0 Å². The Kier molecular flexibility index (Phi) is 5.49. The van der Waals surface area contributed by atoms with E-state index in [0.717, 1.165) is 29.0 Å². The Morgan fingerprint density at radius 2 is 1.79 bits per heavy atom. The van der Waals surface area contributed by atoms with E-state index in [4.69, 9.17) is 9.47 Å². The molecule has 4 rings (SSSR count). The molecule has 156 valence electrons. The Balaban J connectivity index is 1.75. The summed E-state index contributed by atoms with van der Waals surface area (Å²) < 4.78 is 11.0. The maximum absolute atomic E-state index is 13.3. The van der Waals surface area contributed by atoms with E-state index < -0.39 is 0 Å². The van der Waals surface area contributed by atoms with E-state index in [2.05, 4.69) is 18.9 Å². The molecule has 6 heteroatoms. The number of hydrazine groups is 1. The van der Waals surface area contributed by atoms with Gasteiger partial charge < -0.3 is 9.47 Å². The van der Waals surface area contributed by atoms with Crippen molar-refractivity contribution < 1.29 is 19.1 Å². The molecule has 0 radical (unpaired) electrons. The van der Waals surface area contributed by atoms with E-state index >= 15 is 0 Å². The molecule has 0 N–H and O–H groups in total. The van der Waals surface area contributed by atoms with Crippen molar-refractivity contribution in [2.75, 3.05) is 32.9 Å². The molecule has 3 aliphatic rings. The van der Waals surface area contributed by atoms with Crippen LogP contribution >= 0.6 is 0 Å². The third kappa shape index (κ3) is 3.96. The van der Waals surface area contributed by atoms with Gasteiger partial charge in [-0.15, -0.1) is 0 Å². The van der Waals surface area contributed by atoms with Crippen LogP contribution in [0.2, 0.25) is 0 Å². The second-order valence-electron chi connectivity index (χ2n) is 8.83. The molecular formula is C23H30N2O4. The quantitative estimate of drug-likeness (QED) is 0.779. The SMILES string of the molecule is CCOc1ccc(C2CC(=O)N(N3CCOCC3)C3=C2C(=O)CC(C)(C)C3)cc1. The van der Waals surface area contributed by atoms with Crippen molar-refractivity contribution in [2.24, 2.45) is 5.41 Å². The number of nitrogens with zero attached hydrogens (tertiary/aromatic N) is 2. The van der Waals surface area contributed by atoms with Crippen LogP contribution in [0.25, 0.3) is 0 Å².